The van der Waals surface area contributed by atoms with Crippen molar-refractivity contribution < 1.29 is 105 Å². The van der Waals surface area contributed by atoms with E-state index in [9.17, 15) is 71.5 Å². The Balaban J connectivity index is 1.32. The van der Waals surface area contributed by atoms with Crippen molar-refractivity contribution in [2.45, 2.75) is 105 Å². The number of aromatic hydroxyl groups is 3. The third-order valence-electron chi connectivity index (χ3n) is 9.52. The molecule has 16 atom stereocenters. The quantitative estimate of drug-likeness (QED) is 0.105. The molecule has 3 fully saturated rings. The zero-order chi connectivity index (χ0) is 39.3. The van der Waals surface area contributed by atoms with E-state index in [0.29, 0.717) is 0 Å². The summed E-state index contributed by atoms with van der Waals surface area (Å²) in [7, 11) is 0. The number of rotatable bonds is 9. The predicted molar refractivity (Wildman–Crippen MR) is 171 cm³/mol. The van der Waals surface area contributed by atoms with Gasteiger partial charge in [-0.05, 0) is 25.1 Å². The van der Waals surface area contributed by atoms with Crippen molar-refractivity contribution in [3.05, 3.63) is 58.8 Å². The summed E-state index contributed by atoms with van der Waals surface area (Å²) < 4.78 is 39.9. The lowest BCUT2D eigenvalue weighted by molar-refractivity contribution is -0.323. The minimum absolute atomic E-state index is 0.0137. The molecule has 4 aliphatic heterocycles. The molecule has 1 aliphatic carbocycles. The van der Waals surface area contributed by atoms with Gasteiger partial charge in [0.15, 0.2) is 35.1 Å². The summed E-state index contributed by atoms with van der Waals surface area (Å²) in [6.07, 6.45) is -22.7. The van der Waals surface area contributed by atoms with E-state index in [1.165, 1.54) is 19.1 Å². The topological polar surface area (TPSA) is 348 Å². The largest absolute Gasteiger partial charge is 0.508 e. The predicted octanol–water partition coefficient (Wildman–Crippen LogP) is -4.38. The number of hydrogen-bond acceptors (Lipinski definition) is 21. The van der Waals surface area contributed by atoms with Gasteiger partial charge in [0.05, 0.1) is 19.3 Å². The highest BCUT2D eigenvalue weighted by atomic mass is 16.7. The van der Waals surface area contributed by atoms with Gasteiger partial charge < -0.3 is 105 Å². The Kier molecular flexibility index (Phi) is 11.6. The molecule has 14 N–H and O–H groups in total. The molecule has 54 heavy (non-hydrogen) atoms. The number of fused-ring (bicyclic) bond motifs is 1. The van der Waals surface area contributed by atoms with Crippen molar-refractivity contribution >= 4 is 5.76 Å². The molecule has 0 bridgehead atoms. The smallest absolute Gasteiger partial charge is 0.229 e. The van der Waals surface area contributed by atoms with Crippen LogP contribution in [0.2, 0.25) is 0 Å². The highest BCUT2D eigenvalue weighted by molar-refractivity contribution is 5.72. The van der Waals surface area contributed by atoms with Crippen LogP contribution in [-0.4, -0.2) is 183 Å². The summed E-state index contributed by atoms with van der Waals surface area (Å²) in [5.74, 6) is -3.88. The summed E-state index contributed by atoms with van der Waals surface area (Å²) >= 11 is 0. The van der Waals surface area contributed by atoms with Crippen molar-refractivity contribution in [2.75, 3.05) is 13.2 Å². The minimum Gasteiger partial charge on any atom is -0.508 e. The molecule has 0 saturated carbocycles. The Morgan fingerprint density at radius 1 is 0.630 bits per heavy atom. The second-order valence-corrected chi connectivity index (χ2v) is 13.3. The molecular formula is C33H42O21. The van der Waals surface area contributed by atoms with Crippen molar-refractivity contribution in [1.82, 2.24) is 0 Å². The van der Waals surface area contributed by atoms with Crippen molar-refractivity contribution in [3.63, 3.8) is 0 Å². The molecule has 1 aromatic rings. The van der Waals surface area contributed by atoms with Gasteiger partial charge >= 0.3 is 0 Å². The van der Waals surface area contributed by atoms with Crippen molar-refractivity contribution in [1.29, 1.82) is 0 Å². The maximum atomic E-state index is 10.9. The molecule has 21 nitrogen and oxygen atoms in total. The molecular weight excluding hydrogens is 732 g/mol. The Morgan fingerprint density at radius 2 is 1.19 bits per heavy atom. The van der Waals surface area contributed by atoms with E-state index in [2.05, 4.69) is 0 Å². The zero-order valence-electron chi connectivity index (χ0n) is 28.2. The number of phenols is 3. The highest BCUT2D eigenvalue weighted by Crippen LogP contribution is 2.44. The Bertz CT molecular complexity index is 1630. The number of phenolic OH excluding ortho intramolecular Hbond substituents is 3. The number of aliphatic hydroxyl groups is 11. The summed E-state index contributed by atoms with van der Waals surface area (Å²) in [5, 5.41) is 145. The molecule has 0 aromatic heterocycles. The van der Waals surface area contributed by atoms with Crippen LogP contribution in [0.15, 0.2) is 53.2 Å². The van der Waals surface area contributed by atoms with Crippen LogP contribution in [0.3, 0.4) is 0 Å². The fourth-order valence-corrected chi connectivity index (χ4v) is 6.34. The second-order valence-electron chi connectivity index (χ2n) is 13.3. The van der Waals surface area contributed by atoms with Gasteiger partial charge in [0.25, 0.3) is 0 Å². The summed E-state index contributed by atoms with van der Waals surface area (Å²) in [5.41, 5.74) is -0.129. The van der Waals surface area contributed by atoms with Crippen LogP contribution in [-0.2, 0) is 33.2 Å². The van der Waals surface area contributed by atoms with Crippen molar-refractivity contribution in [2.24, 2.45) is 0 Å². The van der Waals surface area contributed by atoms with Crippen LogP contribution < -0.4 is 0 Å². The molecule has 4 heterocycles. The average Bonchev–Trinajstić information content (AvgIpc) is 3.14. The third-order valence-corrected chi connectivity index (χ3v) is 9.52. The summed E-state index contributed by atoms with van der Waals surface area (Å²) in [4.78, 5) is 0. The summed E-state index contributed by atoms with van der Waals surface area (Å²) in [6, 6.07) is 1.94. The first-order chi connectivity index (χ1) is 25.5. The van der Waals surface area contributed by atoms with Gasteiger partial charge in [-0.1, -0.05) is 0 Å². The number of hydrogen-bond donors (Lipinski definition) is 14. The maximum Gasteiger partial charge on any atom is 0.229 e. The van der Waals surface area contributed by atoms with E-state index >= 15 is 0 Å². The lowest BCUT2D eigenvalue weighted by Crippen LogP contribution is -2.61. The molecule has 5 aliphatic rings. The van der Waals surface area contributed by atoms with Gasteiger partial charge in [-0.15, -0.1) is 0 Å². The standard InChI is InChI=1S/C33H42O21/c1-9-20(38)24(42)27(45)31(49-9)48-8-19-23(41)26(44)29(47)33(54-19)52-17-6-12-15(50-30(17)10-2-13(36)21(39)14(37)3-10)4-11(35)5-16(12)51-32-28(46)25(43)22(40)18(7-34)53-32/h2-6,9,15,18-20,22-29,31-47H,7-8H2,1H3. The Hall–Kier alpha value is -3.78. The van der Waals surface area contributed by atoms with Crippen LogP contribution in [0, 0.1) is 0 Å². The van der Waals surface area contributed by atoms with Crippen LogP contribution >= 0.6 is 0 Å². The lowest BCUT2D eigenvalue weighted by Gasteiger charge is -2.43. The van der Waals surface area contributed by atoms with Gasteiger partial charge in [0.1, 0.15) is 84.8 Å². The van der Waals surface area contributed by atoms with E-state index < -0.39 is 134 Å². The van der Waals surface area contributed by atoms with Crippen LogP contribution in [0.1, 0.15) is 12.5 Å². The van der Waals surface area contributed by atoms with Gasteiger partial charge in [-0.25, -0.2) is 0 Å². The minimum atomic E-state index is -1.98. The average molecular weight is 775 g/mol. The number of benzene rings is 1. The Labute approximate surface area is 304 Å². The maximum absolute atomic E-state index is 10.9. The van der Waals surface area contributed by atoms with Crippen LogP contribution in [0.4, 0.5) is 0 Å². The molecule has 16 unspecified atom stereocenters. The zero-order valence-corrected chi connectivity index (χ0v) is 28.2. The molecule has 1 aromatic carbocycles. The van der Waals surface area contributed by atoms with E-state index in [1.54, 1.807) is 0 Å². The normalized spacial score (nSPS) is 41.2. The number of aliphatic hydroxyl groups excluding tert-OH is 11. The lowest BCUT2D eigenvalue weighted by atomic mass is 9.96. The first-order valence-electron chi connectivity index (χ1n) is 16.7. The fourth-order valence-electron chi connectivity index (χ4n) is 6.34. The van der Waals surface area contributed by atoms with E-state index in [4.69, 9.17) is 33.2 Å². The first kappa shape index (κ1) is 39.9. The Morgan fingerprint density at radius 3 is 1.81 bits per heavy atom. The molecule has 0 spiro atoms. The number of ether oxygens (including phenoxy) is 7. The van der Waals surface area contributed by atoms with Crippen molar-refractivity contribution in [3.8, 4) is 17.2 Å². The third kappa shape index (κ3) is 7.56. The fraction of sp³-hybridized carbons (Fsp3) is 0.576. The number of allylic oxidation sites excluding steroid dienone is 2. The monoisotopic (exact) mass is 774 g/mol. The molecule has 0 amide bonds. The highest BCUT2D eigenvalue weighted by Gasteiger charge is 2.49. The van der Waals surface area contributed by atoms with E-state index in [0.717, 1.165) is 18.2 Å². The van der Waals surface area contributed by atoms with Gasteiger partial charge in [0, 0.05) is 23.3 Å². The molecule has 3 saturated heterocycles. The molecule has 6 rings (SSSR count). The molecule has 0 radical (unpaired) electrons. The van der Waals surface area contributed by atoms with Gasteiger partial charge in [-0.3, -0.25) is 0 Å². The van der Waals surface area contributed by atoms with Gasteiger partial charge in [0.2, 0.25) is 12.6 Å². The van der Waals surface area contributed by atoms with Crippen LogP contribution in [0.25, 0.3) is 5.76 Å². The van der Waals surface area contributed by atoms with Crippen LogP contribution in [0.5, 0.6) is 17.2 Å². The van der Waals surface area contributed by atoms with E-state index in [1.807, 2.05) is 0 Å². The first-order valence-corrected chi connectivity index (χ1v) is 16.7. The van der Waals surface area contributed by atoms with E-state index in [-0.39, 0.29) is 28.4 Å². The molecule has 300 valence electrons. The molecule has 21 heteroatoms. The summed E-state index contributed by atoms with van der Waals surface area (Å²) in [6.45, 7) is 0.0150. The second kappa shape index (κ2) is 15.8. The SMILES string of the molecule is CC1OC(OCC2OC(OC3=C(c4cc(O)c(O)c(O)c4)OC4C=C(O)C=C(OC5OC(CO)C(O)C(O)C5O)C4=C3)C(O)C(O)C2O)C(O)C(O)C1O. The van der Waals surface area contributed by atoms with Gasteiger partial charge in [-0.2, -0.15) is 0 Å².